The summed E-state index contributed by atoms with van der Waals surface area (Å²) in [6.07, 6.45) is 18.2. The van der Waals surface area contributed by atoms with E-state index in [1.165, 1.54) is 12.8 Å². The molecule has 93 valence electrons. The van der Waals surface area contributed by atoms with E-state index in [2.05, 4.69) is 43.4 Å². The van der Waals surface area contributed by atoms with Gasteiger partial charge in [-0.1, -0.05) is 0 Å². The fourth-order valence-electron chi connectivity index (χ4n) is 1.94. The van der Waals surface area contributed by atoms with Crippen LogP contribution in [-0.2, 0) is 24.7 Å². The van der Waals surface area contributed by atoms with Gasteiger partial charge in [0.25, 0.3) is 0 Å². The molecule has 0 bridgehead atoms. The number of hydrogen-bond acceptors (Lipinski definition) is 1. The Morgan fingerprint density at radius 2 is 1.71 bits per heavy atom. The Labute approximate surface area is 119 Å². The van der Waals surface area contributed by atoms with Crippen molar-refractivity contribution < 1.29 is 24.7 Å². The predicted octanol–water partition coefficient (Wildman–Crippen LogP) is 4.45. The van der Waals surface area contributed by atoms with Gasteiger partial charge < -0.3 is 0 Å². The molecule has 0 heterocycles. The van der Waals surface area contributed by atoms with Crippen molar-refractivity contribution in [3.05, 3.63) is 43.1 Å². The molecular formula is C14H20ClHfO. The third-order valence-electron chi connectivity index (χ3n) is 2.87. The van der Waals surface area contributed by atoms with Gasteiger partial charge in [-0.15, -0.1) is 12.4 Å². The summed E-state index contributed by atoms with van der Waals surface area (Å²) in [5.41, 5.74) is 0. The van der Waals surface area contributed by atoms with Gasteiger partial charge in [-0.2, -0.15) is 0 Å². The molecule has 2 aliphatic carbocycles. The summed E-state index contributed by atoms with van der Waals surface area (Å²) in [5.74, 6) is 0. The minimum absolute atomic E-state index is 0. The van der Waals surface area contributed by atoms with Crippen LogP contribution in [0.1, 0.15) is 32.6 Å². The first-order valence-electron chi connectivity index (χ1n) is 6.13. The molecule has 0 atom stereocenters. The quantitative estimate of drug-likeness (QED) is 0.458. The first kappa shape index (κ1) is 15.1. The van der Waals surface area contributed by atoms with E-state index in [-0.39, 0.29) is 12.4 Å². The number of allylic oxidation sites excluding steroid dienone is 8. The first-order valence-corrected chi connectivity index (χ1v) is 11.2. The van der Waals surface area contributed by atoms with Crippen molar-refractivity contribution >= 4 is 12.4 Å². The second-order valence-corrected chi connectivity index (χ2v) is 12.2. The summed E-state index contributed by atoms with van der Waals surface area (Å²) in [7, 11) is 0. The topological polar surface area (TPSA) is 9.23 Å². The molecule has 0 aliphatic heterocycles. The summed E-state index contributed by atoms with van der Waals surface area (Å²) in [6, 6.07) is 0. The van der Waals surface area contributed by atoms with E-state index in [1.54, 1.807) is 6.66 Å². The van der Waals surface area contributed by atoms with E-state index in [4.69, 9.17) is 2.85 Å². The fraction of sp³-hybridized carbons (Fsp3) is 0.429. The van der Waals surface area contributed by atoms with Gasteiger partial charge in [-0.05, 0) is 0 Å². The van der Waals surface area contributed by atoms with E-state index in [0.717, 1.165) is 19.4 Å². The van der Waals surface area contributed by atoms with Gasteiger partial charge >= 0.3 is 107 Å². The smallest absolute Gasteiger partial charge is 0.147 e. The van der Waals surface area contributed by atoms with Crippen LogP contribution in [0, 0.1) is 0 Å². The van der Waals surface area contributed by atoms with Crippen molar-refractivity contribution in [2.75, 3.05) is 6.61 Å². The summed E-state index contributed by atoms with van der Waals surface area (Å²) >= 11 is -2.07. The molecule has 0 N–H and O–H groups in total. The van der Waals surface area contributed by atoms with Crippen molar-refractivity contribution in [2.24, 2.45) is 0 Å². The van der Waals surface area contributed by atoms with Crippen LogP contribution >= 0.6 is 12.4 Å². The van der Waals surface area contributed by atoms with E-state index >= 15 is 0 Å². The zero-order chi connectivity index (χ0) is 11.2. The van der Waals surface area contributed by atoms with Gasteiger partial charge in [0.15, 0.2) is 0 Å². The fourth-order valence-corrected chi connectivity index (χ4v) is 9.97. The molecule has 0 saturated heterocycles. The molecule has 0 saturated carbocycles. The van der Waals surface area contributed by atoms with Gasteiger partial charge in [0, 0.05) is 0 Å². The Balaban J connectivity index is 0.00000144. The Morgan fingerprint density at radius 3 is 2.12 bits per heavy atom. The van der Waals surface area contributed by atoms with Gasteiger partial charge in [0.05, 0.1) is 0 Å². The molecule has 0 aromatic rings. The Bertz CT molecular complexity index is 325. The average Bonchev–Trinajstić information content (AvgIpc) is 2.97. The van der Waals surface area contributed by atoms with Gasteiger partial charge in [0.1, 0.15) is 0 Å². The molecule has 0 aromatic carbocycles. The van der Waals surface area contributed by atoms with Crippen molar-refractivity contribution in [3.63, 3.8) is 0 Å². The van der Waals surface area contributed by atoms with Crippen molar-refractivity contribution in [2.45, 2.75) is 32.6 Å². The van der Waals surface area contributed by atoms with Crippen molar-refractivity contribution in [1.29, 1.82) is 0 Å². The van der Waals surface area contributed by atoms with E-state index in [9.17, 15) is 0 Å². The van der Waals surface area contributed by atoms with Crippen LogP contribution in [-0.4, -0.2) is 6.61 Å². The SMILES string of the molecule is CCCC[O][Hf]([C]1=CC=CC1)[C]1=CC=CC1.Cl. The minimum atomic E-state index is -2.07. The van der Waals surface area contributed by atoms with E-state index < -0.39 is 21.9 Å². The molecule has 0 amide bonds. The normalized spacial score (nSPS) is 16.8. The first-order chi connectivity index (χ1) is 7.92. The van der Waals surface area contributed by atoms with Crippen LogP contribution < -0.4 is 0 Å². The van der Waals surface area contributed by atoms with Crippen molar-refractivity contribution in [3.8, 4) is 0 Å². The number of halogens is 1. The maximum Gasteiger partial charge on any atom is -0.147 e. The second-order valence-electron chi connectivity index (χ2n) is 4.18. The molecule has 2 aliphatic rings. The molecular weight excluding hydrogens is 398 g/mol. The largest absolute Gasteiger partial charge is 0.147 e. The maximum atomic E-state index is 6.25. The number of hydrogen-bond donors (Lipinski definition) is 0. The zero-order valence-electron chi connectivity index (χ0n) is 10.3. The molecule has 0 unspecified atom stereocenters. The zero-order valence-corrected chi connectivity index (χ0v) is 14.7. The van der Waals surface area contributed by atoms with Crippen LogP contribution in [0.15, 0.2) is 43.1 Å². The van der Waals surface area contributed by atoms with E-state index in [0.29, 0.717) is 0 Å². The molecule has 0 radical (unpaired) electrons. The predicted molar refractivity (Wildman–Crippen MR) is 71.8 cm³/mol. The third-order valence-corrected chi connectivity index (χ3v) is 11.5. The number of rotatable bonds is 6. The van der Waals surface area contributed by atoms with Crippen LogP contribution in [0.3, 0.4) is 0 Å². The Hall–Kier alpha value is 0.0801. The molecule has 3 heteroatoms. The average molecular weight is 418 g/mol. The summed E-state index contributed by atoms with van der Waals surface area (Å²) in [5, 5.41) is 0. The van der Waals surface area contributed by atoms with Crippen molar-refractivity contribution in [1.82, 2.24) is 0 Å². The molecule has 2 rings (SSSR count). The van der Waals surface area contributed by atoms with Gasteiger partial charge in [0.2, 0.25) is 0 Å². The molecule has 0 spiro atoms. The van der Waals surface area contributed by atoms with Crippen LogP contribution in [0.25, 0.3) is 0 Å². The molecule has 17 heavy (non-hydrogen) atoms. The summed E-state index contributed by atoms with van der Waals surface area (Å²) < 4.78 is 9.49. The molecule has 0 aromatic heterocycles. The molecule has 0 fully saturated rings. The second kappa shape index (κ2) is 8.23. The van der Waals surface area contributed by atoms with Crippen LogP contribution in [0.4, 0.5) is 0 Å². The minimum Gasteiger partial charge on any atom is -0.147 e. The monoisotopic (exact) mass is 419 g/mol. The van der Waals surface area contributed by atoms with Gasteiger partial charge in [-0.25, -0.2) is 0 Å². The summed E-state index contributed by atoms with van der Waals surface area (Å²) in [6.45, 7) is 3.19. The Morgan fingerprint density at radius 1 is 1.12 bits per heavy atom. The maximum absolute atomic E-state index is 6.25. The standard InChI is InChI=1S/2C5H5.C4H9O.ClH.Hf/c2*1-2-4-5-3-1;1-2-3-4-5;;/h2*1-3H,4H2;2-4H2,1H3;1H;/q;;-1;;+1. The third kappa shape index (κ3) is 4.35. The number of unbranched alkanes of at least 4 members (excludes halogenated alkanes) is 1. The van der Waals surface area contributed by atoms with E-state index in [1.807, 2.05) is 0 Å². The summed E-state index contributed by atoms with van der Waals surface area (Å²) in [4.78, 5) is 0. The van der Waals surface area contributed by atoms with Gasteiger partial charge in [-0.3, -0.25) is 0 Å². The Kier molecular flexibility index (Phi) is 7.33. The van der Waals surface area contributed by atoms with Crippen LogP contribution in [0.2, 0.25) is 0 Å². The van der Waals surface area contributed by atoms with Crippen LogP contribution in [0.5, 0.6) is 0 Å². The molecule has 1 nitrogen and oxygen atoms in total.